The Bertz CT molecular complexity index is 510. The van der Waals surface area contributed by atoms with E-state index < -0.39 is 0 Å². The molecule has 0 aliphatic carbocycles. The van der Waals surface area contributed by atoms with E-state index in [-0.39, 0.29) is 12.1 Å². The van der Waals surface area contributed by atoms with Gasteiger partial charge < -0.3 is 5.32 Å². The fourth-order valence-corrected chi connectivity index (χ4v) is 2.17. The lowest BCUT2D eigenvalue weighted by molar-refractivity contribution is 0.239. The van der Waals surface area contributed by atoms with Crippen LogP contribution in [0.4, 0.5) is 4.79 Å². The maximum atomic E-state index is 11.8. The zero-order valence-corrected chi connectivity index (χ0v) is 10.9. The first-order chi connectivity index (χ1) is 8.18. The van der Waals surface area contributed by atoms with E-state index in [0.717, 1.165) is 10.0 Å². The highest BCUT2D eigenvalue weighted by Gasteiger charge is 2.12. The molecule has 2 aromatic rings. The fourth-order valence-electron chi connectivity index (χ4n) is 1.54. The van der Waals surface area contributed by atoms with Crippen molar-refractivity contribution < 1.29 is 4.79 Å². The molecule has 0 spiro atoms. The van der Waals surface area contributed by atoms with Crippen molar-refractivity contribution in [3.05, 3.63) is 53.0 Å². The highest BCUT2D eigenvalue weighted by molar-refractivity contribution is 9.10. The van der Waals surface area contributed by atoms with Crippen LogP contribution in [0, 0.1) is 0 Å². The van der Waals surface area contributed by atoms with Crippen LogP contribution in [-0.2, 0) is 0 Å². The predicted octanol–water partition coefficient (Wildman–Crippen LogP) is 2.96. The van der Waals surface area contributed by atoms with Crippen molar-refractivity contribution in [1.82, 2.24) is 14.9 Å². The van der Waals surface area contributed by atoms with Crippen LogP contribution < -0.4 is 5.32 Å². The van der Waals surface area contributed by atoms with Crippen LogP contribution in [-0.4, -0.2) is 15.6 Å². The van der Waals surface area contributed by atoms with Crippen LogP contribution in [0.15, 0.2) is 47.5 Å². The second kappa shape index (κ2) is 5.14. The predicted molar refractivity (Wildman–Crippen MR) is 68.7 cm³/mol. The Balaban J connectivity index is 2.10. The van der Waals surface area contributed by atoms with Gasteiger partial charge in [0.1, 0.15) is 6.33 Å². The molecule has 88 valence electrons. The molecule has 0 saturated carbocycles. The molecule has 1 heterocycles. The van der Waals surface area contributed by atoms with Gasteiger partial charge in [-0.15, -0.1) is 0 Å². The summed E-state index contributed by atoms with van der Waals surface area (Å²) in [6.45, 7) is 1.94. The molecule has 0 aliphatic rings. The summed E-state index contributed by atoms with van der Waals surface area (Å²) in [5, 5.41) is 2.89. The van der Waals surface area contributed by atoms with Gasteiger partial charge in [-0.25, -0.2) is 9.78 Å². The minimum absolute atomic E-state index is 0.0690. The van der Waals surface area contributed by atoms with Crippen molar-refractivity contribution in [2.24, 2.45) is 0 Å². The first kappa shape index (κ1) is 11.9. The smallest absolute Gasteiger partial charge is 0.327 e. The summed E-state index contributed by atoms with van der Waals surface area (Å²) >= 11 is 3.47. The van der Waals surface area contributed by atoms with Gasteiger partial charge in [0, 0.05) is 16.9 Å². The number of imidazole rings is 1. The Kier molecular flexibility index (Phi) is 3.58. The van der Waals surface area contributed by atoms with E-state index >= 15 is 0 Å². The van der Waals surface area contributed by atoms with Gasteiger partial charge in [0.05, 0.1) is 6.04 Å². The Morgan fingerprint density at radius 3 is 2.88 bits per heavy atom. The van der Waals surface area contributed by atoms with E-state index in [2.05, 4.69) is 26.2 Å². The third kappa shape index (κ3) is 2.74. The lowest BCUT2D eigenvalue weighted by atomic mass is 10.1. The molecular weight excluding hydrogens is 282 g/mol. The molecule has 1 atom stereocenters. The van der Waals surface area contributed by atoms with Gasteiger partial charge in [-0.3, -0.25) is 4.57 Å². The minimum Gasteiger partial charge on any atom is -0.331 e. The molecule has 1 N–H and O–H groups in total. The summed E-state index contributed by atoms with van der Waals surface area (Å²) < 4.78 is 2.39. The summed E-state index contributed by atoms with van der Waals surface area (Å²) in [6, 6.07) is 7.56. The summed E-state index contributed by atoms with van der Waals surface area (Å²) in [5.74, 6) is 0. The molecule has 1 aromatic heterocycles. The van der Waals surface area contributed by atoms with Gasteiger partial charge in [-0.05, 0) is 18.6 Å². The van der Waals surface area contributed by atoms with Gasteiger partial charge in [0.25, 0.3) is 0 Å². The summed E-state index contributed by atoms with van der Waals surface area (Å²) in [6.07, 6.45) is 4.66. The minimum atomic E-state index is -0.189. The number of halogens is 1. The fraction of sp³-hybridized carbons (Fsp3) is 0.167. The van der Waals surface area contributed by atoms with Crippen LogP contribution >= 0.6 is 15.9 Å². The molecule has 0 bridgehead atoms. The zero-order valence-electron chi connectivity index (χ0n) is 9.30. The van der Waals surface area contributed by atoms with Gasteiger partial charge in [0.15, 0.2) is 0 Å². The average molecular weight is 294 g/mol. The molecular formula is C12H12BrN3O. The average Bonchev–Trinajstić information content (AvgIpc) is 2.82. The number of rotatable bonds is 2. The number of nitrogens with zero attached hydrogens (tertiary/aromatic N) is 2. The number of carbonyl (C=O) groups excluding carboxylic acids is 1. The molecule has 1 aromatic carbocycles. The van der Waals surface area contributed by atoms with Crippen LogP contribution in [0.25, 0.3) is 0 Å². The maximum absolute atomic E-state index is 11.8. The van der Waals surface area contributed by atoms with Gasteiger partial charge in [0.2, 0.25) is 0 Å². The topological polar surface area (TPSA) is 46.9 Å². The molecule has 5 heteroatoms. The largest absolute Gasteiger partial charge is 0.331 e. The first-order valence-electron chi connectivity index (χ1n) is 5.21. The molecule has 0 aliphatic heterocycles. The van der Waals surface area contributed by atoms with E-state index in [9.17, 15) is 4.79 Å². The lowest BCUT2D eigenvalue weighted by Crippen LogP contribution is -2.30. The third-order valence-corrected chi connectivity index (χ3v) is 3.17. The van der Waals surface area contributed by atoms with Crippen LogP contribution in [0.3, 0.4) is 0 Å². The SMILES string of the molecule is CC(NC(=O)n1ccnc1)c1ccccc1Br. The Morgan fingerprint density at radius 2 is 2.24 bits per heavy atom. The highest BCUT2D eigenvalue weighted by Crippen LogP contribution is 2.22. The van der Waals surface area contributed by atoms with Crippen LogP contribution in [0.2, 0.25) is 0 Å². The normalized spacial score (nSPS) is 12.1. The molecule has 17 heavy (non-hydrogen) atoms. The second-order valence-electron chi connectivity index (χ2n) is 3.66. The molecule has 1 amide bonds. The van der Waals surface area contributed by atoms with Gasteiger partial charge in [-0.1, -0.05) is 34.1 Å². The van der Waals surface area contributed by atoms with Crippen molar-refractivity contribution >= 4 is 22.0 Å². The number of carbonyl (C=O) groups is 1. The van der Waals surface area contributed by atoms with Crippen molar-refractivity contribution in [2.45, 2.75) is 13.0 Å². The van der Waals surface area contributed by atoms with E-state index in [4.69, 9.17) is 0 Å². The number of hydrogen-bond donors (Lipinski definition) is 1. The maximum Gasteiger partial charge on any atom is 0.327 e. The second-order valence-corrected chi connectivity index (χ2v) is 4.52. The molecule has 0 saturated heterocycles. The third-order valence-electron chi connectivity index (χ3n) is 2.45. The number of hydrogen-bond acceptors (Lipinski definition) is 2. The van der Waals surface area contributed by atoms with E-state index in [1.807, 2.05) is 31.2 Å². The van der Waals surface area contributed by atoms with E-state index in [1.54, 1.807) is 12.4 Å². The van der Waals surface area contributed by atoms with Crippen molar-refractivity contribution in [3.63, 3.8) is 0 Å². The number of benzene rings is 1. The summed E-state index contributed by atoms with van der Waals surface area (Å²) in [4.78, 5) is 15.6. The van der Waals surface area contributed by atoms with Crippen LogP contribution in [0.5, 0.6) is 0 Å². The number of amides is 1. The molecule has 0 radical (unpaired) electrons. The monoisotopic (exact) mass is 293 g/mol. The van der Waals surface area contributed by atoms with Crippen molar-refractivity contribution in [2.75, 3.05) is 0 Å². The van der Waals surface area contributed by atoms with E-state index in [0.29, 0.717) is 0 Å². The summed E-state index contributed by atoms with van der Waals surface area (Å²) in [5.41, 5.74) is 1.04. The summed E-state index contributed by atoms with van der Waals surface area (Å²) in [7, 11) is 0. The number of nitrogens with one attached hydrogen (secondary N) is 1. The molecule has 4 nitrogen and oxygen atoms in total. The lowest BCUT2D eigenvalue weighted by Gasteiger charge is -2.15. The quantitative estimate of drug-likeness (QED) is 0.925. The van der Waals surface area contributed by atoms with Crippen LogP contribution in [0.1, 0.15) is 18.5 Å². The highest BCUT2D eigenvalue weighted by atomic mass is 79.9. The Morgan fingerprint density at radius 1 is 1.47 bits per heavy atom. The van der Waals surface area contributed by atoms with Gasteiger partial charge in [-0.2, -0.15) is 0 Å². The zero-order chi connectivity index (χ0) is 12.3. The number of aromatic nitrogens is 2. The first-order valence-corrected chi connectivity index (χ1v) is 6.01. The molecule has 2 rings (SSSR count). The standard InChI is InChI=1S/C12H12BrN3O/c1-9(10-4-2-3-5-11(10)13)15-12(17)16-7-6-14-8-16/h2-9H,1H3,(H,15,17). The Labute approximate surface area is 108 Å². The Hall–Kier alpha value is -1.62. The van der Waals surface area contributed by atoms with Crippen molar-refractivity contribution in [1.29, 1.82) is 0 Å². The molecule has 1 unspecified atom stereocenters. The van der Waals surface area contributed by atoms with Crippen molar-refractivity contribution in [3.8, 4) is 0 Å². The molecule has 0 fully saturated rings. The van der Waals surface area contributed by atoms with Gasteiger partial charge >= 0.3 is 6.03 Å². The van der Waals surface area contributed by atoms with E-state index in [1.165, 1.54) is 10.9 Å².